The Balaban J connectivity index is 2.07. The Labute approximate surface area is 122 Å². The Kier molecular flexibility index (Phi) is 4.11. The quantitative estimate of drug-likeness (QED) is 0.629. The van der Waals surface area contributed by atoms with Gasteiger partial charge in [-0.1, -0.05) is 12.1 Å². The summed E-state index contributed by atoms with van der Waals surface area (Å²) in [7, 11) is 0. The molecule has 1 saturated heterocycles. The van der Waals surface area contributed by atoms with Gasteiger partial charge in [-0.15, -0.1) is 0 Å². The average Bonchev–Trinajstić information content (AvgIpc) is 2.87. The summed E-state index contributed by atoms with van der Waals surface area (Å²) in [6.45, 7) is 3.87. The Hall–Kier alpha value is -2.57. The van der Waals surface area contributed by atoms with Gasteiger partial charge in [-0.2, -0.15) is 0 Å². The fraction of sp³-hybridized carbons (Fsp3) is 0.357. The number of hydrogen-bond donors (Lipinski definition) is 2. The van der Waals surface area contributed by atoms with Gasteiger partial charge in [0.15, 0.2) is 6.10 Å². The third-order valence-electron chi connectivity index (χ3n) is 3.30. The molecular formula is C14H17N3O4. The number of nitrogen functional groups attached to an aromatic ring is 1. The molecule has 1 fully saturated rings. The molecule has 1 unspecified atom stereocenters. The van der Waals surface area contributed by atoms with Gasteiger partial charge >= 0.3 is 12.0 Å². The summed E-state index contributed by atoms with van der Waals surface area (Å²) >= 11 is 0. The second-order valence-electron chi connectivity index (χ2n) is 4.81. The number of hydrogen-bond acceptors (Lipinski definition) is 5. The van der Waals surface area contributed by atoms with E-state index in [9.17, 15) is 14.4 Å². The summed E-state index contributed by atoms with van der Waals surface area (Å²) in [6.07, 6.45) is -1.05. The number of nitrogens with one attached hydrogen (secondary N) is 1. The molecule has 2 rings (SSSR count). The van der Waals surface area contributed by atoms with Crippen molar-refractivity contribution >= 4 is 23.6 Å². The SMILES string of the molecule is Cc1cccc(C(=O)OC(C)C(=O)N2CCNC2=O)c1N. The normalized spacial score (nSPS) is 15.5. The van der Waals surface area contributed by atoms with E-state index in [1.165, 1.54) is 13.0 Å². The lowest BCUT2D eigenvalue weighted by atomic mass is 10.1. The molecule has 7 nitrogen and oxygen atoms in total. The molecule has 21 heavy (non-hydrogen) atoms. The van der Waals surface area contributed by atoms with Gasteiger partial charge in [0.25, 0.3) is 5.91 Å². The molecular weight excluding hydrogens is 274 g/mol. The highest BCUT2D eigenvalue weighted by molar-refractivity contribution is 6.01. The Bertz CT molecular complexity index is 600. The number of imide groups is 1. The fourth-order valence-corrected chi connectivity index (χ4v) is 2.03. The van der Waals surface area contributed by atoms with Crippen LogP contribution in [-0.4, -0.2) is 42.0 Å². The number of para-hydroxylation sites is 1. The number of ether oxygens (including phenoxy) is 1. The zero-order valence-electron chi connectivity index (χ0n) is 11.9. The molecule has 0 aromatic heterocycles. The van der Waals surface area contributed by atoms with Gasteiger partial charge in [0.2, 0.25) is 0 Å². The highest BCUT2D eigenvalue weighted by atomic mass is 16.5. The maximum atomic E-state index is 12.1. The van der Waals surface area contributed by atoms with Crippen molar-refractivity contribution in [2.45, 2.75) is 20.0 Å². The first-order chi connectivity index (χ1) is 9.91. The van der Waals surface area contributed by atoms with Crippen LogP contribution in [-0.2, 0) is 9.53 Å². The second-order valence-corrected chi connectivity index (χ2v) is 4.81. The van der Waals surface area contributed by atoms with Crippen LogP contribution in [0.2, 0.25) is 0 Å². The van der Waals surface area contributed by atoms with E-state index in [1.807, 2.05) is 0 Å². The summed E-state index contributed by atoms with van der Waals surface area (Å²) in [5, 5.41) is 2.51. The van der Waals surface area contributed by atoms with Crippen molar-refractivity contribution in [2.24, 2.45) is 0 Å². The maximum Gasteiger partial charge on any atom is 0.341 e. The van der Waals surface area contributed by atoms with E-state index >= 15 is 0 Å². The minimum Gasteiger partial charge on any atom is -0.449 e. The minimum atomic E-state index is -1.05. The van der Waals surface area contributed by atoms with Crippen molar-refractivity contribution in [1.29, 1.82) is 0 Å². The van der Waals surface area contributed by atoms with Crippen molar-refractivity contribution in [3.63, 3.8) is 0 Å². The summed E-state index contributed by atoms with van der Waals surface area (Å²) in [5.74, 6) is -1.23. The van der Waals surface area contributed by atoms with Crippen molar-refractivity contribution in [2.75, 3.05) is 18.8 Å². The molecule has 1 aromatic rings. The molecule has 3 N–H and O–H groups in total. The van der Waals surface area contributed by atoms with Crippen LogP contribution < -0.4 is 11.1 Å². The molecule has 7 heteroatoms. The predicted octanol–water partition coefficient (Wildman–Crippen LogP) is 0.674. The van der Waals surface area contributed by atoms with E-state index in [-0.39, 0.29) is 12.1 Å². The topological polar surface area (TPSA) is 102 Å². The van der Waals surface area contributed by atoms with E-state index in [1.54, 1.807) is 19.1 Å². The van der Waals surface area contributed by atoms with Gasteiger partial charge in [0.05, 0.1) is 5.56 Å². The number of rotatable bonds is 3. The van der Waals surface area contributed by atoms with Crippen LogP contribution in [0.15, 0.2) is 18.2 Å². The first-order valence-electron chi connectivity index (χ1n) is 6.57. The minimum absolute atomic E-state index is 0.209. The number of benzene rings is 1. The van der Waals surface area contributed by atoms with Gasteiger partial charge in [-0.25, -0.2) is 9.59 Å². The largest absolute Gasteiger partial charge is 0.449 e. The Morgan fingerprint density at radius 2 is 2.14 bits per heavy atom. The third-order valence-corrected chi connectivity index (χ3v) is 3.30. The number of esters is 1. The third kappa shape index (κ3) is 2.96. The van der Waals surface area contributed by atoms with Gasteiger partial charge in [0, 0.05) is 18.8 Å². The Morgan fingerprint density at radius 3 is 2.76 bits per heavy atom. The van der Waals surface area contributed by atoms with Crippen LogP contribution in [0.1, 0.15) is 22.8 Å². The Morgan fingerprint density at radius 1 is 1.43 bits per heavy atom. The number of carbonyl (C=O) groups is 3. The average molecular weight is 291 g/mol. The molecule has 0 saturated carbocycles. The van der Waals surface area contributed by atoms with Crippen LogP contribution in [0.25, 0.3) is 0 Å². The summed E-state index contributed by atoms with van der Waals surface area (Å²) in [5.41, 5.74) is 7.10. The van der Waals surface area contributed by atoms with Crippen LogP contribution >= 0.6 is 0 Å². The summed E-state index contributed by atoms with van der Waals surface area (Å²) in [4.78, 5) is 36.5. The van der Waals surface area contributed by atoms with Gasteiger partial charge in [-0.05, 0) is 25.5 Å². The first kappa shape index (κ1) is 14.8. The van der Waals surface area contributed by atoms with E-state index < -0.39 is 24.0 Å². The molecule has 1 aliphatic rings. The molecule has 1 atom stereocenters. The molecule has 0 radical (unpaired) electrons. The lowest BCUT2D eigenvalue weighted by Gasteiger charge is -2.18. The smallest absolute Gasteiger partial charge is 0.341 e. The number of aryl methyl sites for hydroxylation is 1. The number of urea groups is 1. The molecule has 112 valence electrons. The lowest BCUT2D eigenvalue weighted by molar-refractivity contribution is -0.136. The number of carbonyl (C=O) groups excluding carboxylic acids is 3. The van der Waals surface area contributed by atoms with Crippen LogP contribution in [0.4, 0.5) is 10.5 Å². The fourth-order valence-electron chi connectivity index (χ4n) is 2.03. The second kappa shape index (κ2) is 5.82. The zero-order valence-corrected chi connectivity index (χ0v) is 11.9. The van der Waals surface area contributed by atoms with Gasteiger partial charge in [0.1, 0.15) is 0 Å². The predicted molar refractivity (Wildman–Crippen MR) is 75.6 cm³/mol. The number of nitrogens with zero attached hydrogens (tertiary/aromatic N) is 1. The summed E-state index contributed by atoms with van der Waals surface area (Å²) < 4.78 is 5.10. The highest BCUT2D eigenvalue weighted by Gasteiger charge is 2.32. The van der Waals surface area contributed by atoms with E-state index in [4.69, 9.17) is 10.5 Å². The monoisotopic (exact) mass is 291 g/mol. The highest BCUT2D eigenvalue weighted by Crippen LogP contribution is 2.18. The van der Waals surface area contributed by atoms with Crippen LogP contribution in [0, 0.1) is 6.92 Å². The molecule has 1 aliphatic heterocycles. The number of anilines is 1. The zero-order chi connectivity index (χ0) is 15.6. The molecule has 1 heterocycles. The molecule has 0 spiro atoms. The van der Waals surface area contributed by atoms with E-state index in [0.717, 1.165) is 10.5 Å². The van der Waals surface area contributed by atoms with Crippen LogP contribution in [0.5, 0.6) is 0 Å². The van der Waals surface area contributed by atoms with E-state index in [0.29, 0.717) is 12.2 Å². The van der Waals surface area contributed by atoms with Gasteiger partial charge in [-0.3, -0.25) is 9.69 Å². The number of amides is 3. The molecule has 1 aromatic carbocycles. The van der Waals surface area contributed by atoms with E-state index in [2.05, 4.69) is 5.32 Å². The number of nitrogens with two attached hydrogens (primary N) is 1. The first-order valence-corrected chi connectivity index (χ1v) is 6.57. The molecule has 0 bridgehead atoms. The van der Waals surface area contributed by atoms with Crippen molar-refractivity contribution in [3.8, 4) is 0 Å². The lowest BCUT2D eigenvalue weighted by Crippen LogP contribution is -2.41. The van der Waals surface area contributed by atoms with Crippen LogP contribution in [0.3, 0.4) is 0 Å². The molecule has 0 aliphatic carbocycles. The van der Waals surface area contributed by atoms with Gasteiger partial charge < -0.3 is 15.8 Å². The summed E-state index contributed by atoms with van der Waals surface area (Å²) in [6, 6.07) is 4.51. The molecule has 3 amide bonds. The van der Waals surface area contributed by atoms with Crippen molar-refractivity contribution in [3.05, 3.63) is 29.3 Å². The van der Waals surface area contributed by atoms with Crippen molar-refractivity contribution in [1.82, 2.24) is 10.2 Å². The standard InChI is InChI=1S/C14H17N3O4/c1-8-4-3-5-10(11(8)15)13(19)21-9(2)12(18)17-7-6-16-14(17)20/h3-5,9H,6-7,15H2,1-2H3,(H,16,20). The maximum absolute atomic E-state index is 12.1. The van der Waals surface area contributed by atoms with Crippen molar-refractivity contribution < 1.29 is 19.1 Å².